The third kappa shape index (κ3) is 6.19. The lowest BCUT2D eigenvalue weighted by atomic mass is 9.80. The van der Waals surface area contributed by atoms with Crippen molar-refractivity contribution in [3.05, 3.63) is 59.7 Å². The lowest BCUT2D eigenvalue weighted by molar-refractivity contribution is -0.150. The van der Waals surface area contributed by atoms with Crippen LogP contribution in [0.4, 0.5) is 0 Å². The van der Waals surface area contributed by atoms with Gasteiger partial charge in [-0.1, -0.05) is 56.2 Å². The molecule has 0 unspecified atom stereocenters. The molecule has 0 spiro atoms. The summed E-state index contributed by atoms with van der Waals surface area (Å²) in [6, 6.07) is 18.3. The van der Waals surface area contributed by atoms with E-state index >= 15 is 0 Å². The van der Waals surface area contributed by atoms with Crippen LogP contribution < -0.4 is 0 Å². The van der Waals surface area contributed by atoms with E-state index in [4.69, 9.17) is 10.00 Å². The van der Waals surface area contributed by atoms with Gasteiger partial charge < -0.3 is 4.74 Å². The zero-order valence-electron chi connectivity index (χ0n) is 17.4. The van der Waals surface area contributed by atoms with Crippen LogP contribution >= 0.6 is 0 Å². The van der Waals surface area contributed by atoms with Gasteiger partial charge in [-0.05, 0) is 73.3 Å². The van der Waals surface area contributed by atoms with Crippen LogP contribution in [0.25, 0.3) is 11.1 Å². The fourth-order valence-corrected chi connectivity index (χ4v) is 4.26. The summed E-state index contributed by atoms with van der Waals surface area (Å²) in [7, 11) is 0. The highest BCUT2D eigenvalue weighted by molar-refractivity contribution is 5.72. The second-order valence-corrected chi connectivity index (χ2v) is 8.16. The second kappa shape index (κ2) is 10.8. The van der Waals surface area contributed by atoms with Crippen molar-refractivity contribution in [1.82, 2.24) is 0 Å². The highest BCUT2D eigenvalue weighted by Gasteiger charge is 2.26. The Hall–Kier alpha value is -2.60. The Kier molecular flexibility index (Phi) is 7.87. The Morgan fingerprint density at radius 1 is 1.00 bits per heavy atom. The van der Waals surface area contributed by atoms with E-state index in [9.17, 15) is 4.79 Å². The van der Waals surface area contributed by atoms with Gasteiger partial charge in [0.25, 0.3) is 0 Å². The topological polar surface area (TPSA) is 50.1 Å². The summed E-state index contributed by atoms with van der Waals surface area (Å²) in [5.41, 5.74) is 4.17. The average molecular weight is 390 g/mol. The van der Waals surface area contributed by atoms with Gasteiger partial charge in [0.15, 0.2) is 0 Å². The number of esters is 1. The molecule has 0 N–H and O–H groups in total. The van der Waals surface area contributed by atoms with Crippen molar-refractivity contribution in [2.24, 2.45) is 11.8 Å². The van der Waals surface area contributed by atoms with Crippen molar-refractivity contribution in [3.8, 4) is 17.2 Å². The number of benzene rings is 2. The summed E-state index contributed by atoms with van der Waals surface area (Å²) in [4.78, 5) is 12.3. The van der Waals surface area contributed by atoms with E-state index in [0.29, 0.717) is 12.2 Å². The van der Waals surface area contributed by atoms with Crippen molar-refractivity contribution in [1.29, 1.82) is 5.26 Å². The Bertz CT molecular complexity index is 809. The van der Waals surface area contributed by atoms with Crippen molar-refractivity contribution < 1.29 is 9.53 Å². The van der Waals surface area contributed by atoms with Gasteiger partial charge in [-0.25, -0.2) is 0 Å². The molecule has 0 radical (unpaired) electrons. The molecule has 0 aliphatic heterocycles. The maximum Gasteiger partial charge on any atom is 0.308 e. The molecule has 3 rings (SSSR count). The normalized spacial score (nSPS) is 18.8. The smallest absolute Gasteiger partial charge is 0.308 e. The van der Waals surface area contributed by atoms with Gasteiger partial charge in [0.2, 0.25) is 0 Å². The van der Waals surface area contributed by atoms with E-state index in [1.165, 1.54) is 31.2 Å². The molecule has 3 nitrogen and oxygen atoms in total. The number of ether oxygens (including phenoxy) is 1. The van der Waals surface area contributed by atoms with E-state index in [1.54, 1.807) is 0 Å². The van der Waals surface area contributed by atoms with Crippen LogP contribution in [0.15, 0.2) is 48.5 Å². The molecule has 2 aromatic rings. The van der Waals surface area contributed by atoms with Crippen molar-refractivity contribution in [2.45, 2.75) is 58.3 Å². The first-order valence-electron chi connectivity index (χ1n) is 11.0. The standard InChI is InChI=1S/C26H31NO2/c1-2-4-20-8-16-25(17-9-20)26(28)29-18-3-5-21-6-12-23(13-7-21)24-14-10-22(19-27)11-15-24/h6-7,10-15,20,25H,2-5,8-9,16-18H2,1H3. The van der Waals surface area contributed by atoms with Crippen LogP contribution in [-0.4, -0.2) is 12.6 Å². The quantitative estimate of drug-likeness (QED) is 0.393. The van der Waals surface area contributed by atoms with Crippen LogP contribution in [0.2, 0.25) is 0 Å². The summed E-state index contributed by atoms with van der Waals surface area (Å²) in [6.07, 6.45) is 8.66. The molecule has 0 saturated heterocycles. The molecule has 29 heavy (non-hydrogen) atoms. The SMILES string of the molecule is CCCC1CCC(C(=O)OCCCc2ccc(-c3ccc(C#N)cc3)cc2)CC1. The first-order valence-corrected chi connectivity index (χ1v) is 11.0. The molecule has 152 valence electrons. The van der Waals surface area contributed by atoms with Gasteiger partial charge in [-0.15, -0.1) is 0 Å². The first-order chi connectivity index (χ1) is 14.2. The number of hydrogen-bond acceptors (Lipinski definition) is 3. The van der Waals surface area contributed by atoms with E-state index in [2.05, 4.69) is 37.3 Å². The minimum atomic E-state index is 0.0103. The Morgan fingerprint density at radius 3 is 2.21 bits per heavy atom. The van der Waals surface area contributed by atoms with E-state index in [1.807, 2.05) is 24.3 Å². The van der Waals surface area contributed by atoms with E-state index in [0.717, 1.165) is 42.7 Å². The Labute approximate surface area is 174 Å². The Morgan fingerprint density at radius 2 is 1.62 bits per heavy atom. The van der Waals surface area contributed by atoms with Crippen LogP contribution in [0.5, 0.6) is 0 Å². The van der Waals surface area contributed by atoms with Gasteiger partial charge in [-0.3, -0.25) is 4.79 Å². The largest absolute Gasteiger partial charge is 0.465 e. The van der Waals surface area contributed by atoms with Gasteiger partial charge in [-0.2, -0.15) is 5.26 Å². The molecule has 2 aromatic carbocycles. The number of carbonyl (C=O) groups excluding carboxylic acids is 1. The predicted molar refractivity (Wildman–Crippen MR) is 116 cm³/mol. The summed E-state index contributed by atoms with van der Waals surface area (Å²) in [5, 5.41) is 8.90. The molecule has 3 heteroatoms. The van der Waals surface area contributed by atoms with Gasteiger partial charge >= 0.3 is 5.97 Å². The van der Waals surface area contributed by atoms with E-state index < -0.39 is 0 Å². The number of hydrogen-bond donors (Lipinski definition) is 0. The fraction of sp³-hybridized carbons (Fsp3) is 0.462. The molecule has 0 aromatic heterocycles. The highest BCUT2D eigenvalue weighted by atomic mass is 16.5. The maximum atomic E-state index is 12.3. The number of nitriles is 1. The number of carbonyl (C=O) groups is 1. The maximum absolute atomic E-state index is 12.3. The van der Waals surface area contributed by atoms with Crippen LogP contribution in [0, 0.1) is 23.2 Å². The van der Waals surface area contributed by atoms with Gasteiger partial charge in [0.1, 0.15) is 0 Å². The Balaban J connectivity index is 1.38. The minimum Gasteiger partial charge on any atom is -0.465 e. The molecule has 1 aliphatic carbocycles. The van der Waals surface area contributed by atoms with Crippen LogP contribution in [0.3, 0.4) is 0 Å². The zero-order valence-corrected chi connectivity index (χ0v) is 17.4. The fourth-order valence-electron chi connectivity index (χ4n) is 4.26. The average Bonchev–Trinajstić information content (AvgIpc) is 2.78. The lowest BCUT2D eigenvalue weighted by Crippen LogP contribution is -2.24. The lowest BCUT2D eigenvalue weighted by Gasteiger charge is -2.26. The van der Waals surface area contributed by atoms with E-state index in [-0.39, 0.29) is 11.9 Å². The van der Waals surface area contributed by atoms with Crippen molar-refractivity contribution in [3.63, 3.8) is 0 Å². The van der Waals surface area contributed by atoms with Crippen LogP contribution in [0.1, 0.15) is 63.0 Å². The van der Waals surface area contributed by atoms with Gasteiger partial charge in [0, 0.05) is 0 Å². The predicted octanol–water partition coefficient (Wildman–Crippen LogP) is 6.31. The summed E-state index contributed by atoms with van der Waals surface area (Å²) >= 11 is 0. The van der Waals surface area contributed by atoms with Crippen molar-refractivity contribution >= 4 is 5.97 Å². The second-order valence-electron chi connectivity index (χ2n) is 8.16. The third-order valence-corrected chi connectivity index (χ3v) is 6.03. The van der Waals surface area contributed by atoms with Crippen LogP contribution in [-0.2, 0) is 16.0 Å². The molecule has 1 aliphatic rings. The highest BCUT2D eigenvalue weighted by Crippen LogP contribution is 2.32. The molecular formula is C26H31NO2. The van der Waals surface area contributed by atoms with Gasteiger partial charge in [0.05, 0.1) is 24.2 Å². The molecule has 0 bridgehead atoms. The summed E-state index contributed by atoms with van der Waals surface area (Å²) in [6.45, 7) is 2.74. The minimum absolute atomic E-state index is 0.0103. The molecular weight excluding hydrogens is 358 g/mol. The monoisotopic (exact) mass is 389 g/mol. The van der Waals surface area contributed by atoms with Crippen molar-refractivity contribution in [2.75, 3.05) is 6.61 Å². The molecule has 0 atom stereocenters. The molecule has 0 heterocycles. The number of aryl methyl sites for hydroxylation is 1. The zero-order chi connectivity index (χ0) is 20.5. The molecule has 0 amide bonds. The molecule has 1 saturated carbocycles. The first kappa shape index (κ1) is 21.1. The number of rotatable bonds is 8. The summed E-state index contributed by atoms with van der Waals surface area (Å²) < 4.78 is 5.55. The number of nitrogens with zero attached hydrogens (tertiary/aromatic N) is 1. The third-order valence-electron chi connectivity index (χ3n) is 6.03. The summed E-state index contributed by atoms with van der Waals surface area (Å²) in [5.74, 6) is 0.947. The molecule has 1 fully saturated rings.